The van der Waals surface area contributed by atoms with Gasteiger partial charge in [-0.2, -0.15) is 0 Å². The summed E-state index contributed by atoms with van der Waals surface area (Å²) in [5.41, 5.74) is -0.0999. The van der Waals surface area contributed by atoms with Crippen LogP contribution in [0.4, 0.5) is 0 Å². The van der Waals surface area contributed by atoms with Gasteiger partial charge in [-0.15, -0.1) is 0 Å². The second kappa shape index (κ2) is 11.7. The van der Waals surface area contributed by atoms with Gasteiger partial charge in [0.2, 0.25) is 0 Å². The van der Waals surface area contributed by atoms with Crippen LogP contribution < -0.4 is 5.32 Å². The molecule has 3 heteroatoms. The van der Waals surface area contributed by atoms with E-state index in [1.54, 1.807) is 0 Å². The SMILES string of the molecule is CCCNC(CC)(CO)CCCOCCCC(C)C. The highest BCUT2D eigenvalue weighted by atomic mass is 16.5. The summed E-state index contributed by atoms with van der Waals surface area (Å²) in [4.78, 5) is 0. The second-order valence-corrected chi connectivity index (χ2v) is 5.97. The summed E-state index contributed by atoms with van der Waals surface area (Å²) in [7, 11) is 0. The van der Waals surface area contributed by atoms with Crippen LogP contribution in [0.3, 0.4) is 0 Å². The number of ether oxygens (including phenoxy) is 1. The maximum Gasteiger partial charge on any atom is 0.0613 e. The van der Waals surface area contributed by atoms with Gasteiger partial charge < -0.3 is 15.2 Å². The van der Waals surface area contributed by atoms with Crippen LogP contribution in [0.15, 0.2) is 0 Å². The summed E-state index contributed by atoms with van der Waals surface area (Å²) < 4.78 is 5.66. The van der Waals surface area contributed by atoms with Crippen LogP contribution in [-0.2, 0) is 4.74 Å². The number of hydrogen-bond donors (Lipinski definition) is 2. The molecule has 1 unspecified atom stereocenters. The van der Waals surface area contributed by atoms with Crippen LogP contribution in [0, 0.1) is 5.92 Å². The minimum atomic E-state index is -0.0999. The molecule has 0 saturated heterocycles. The van der Waals surface area contributed by atoms with E-state index in [-0.39, 0.29) is 12.1 Å². The molecule has 0 aromatic carbocycles. The third-order valence-electron chi connectivity index (χ3n) is 3.74. The molecule has 0 heterocycles. The number of rotatable bonds is 13. The Labute approximate surface area is 120 Å². The zero-order valence-electron chi connectivity index (χ0n) is 13.5. The molecular formula is C16H35NO2. The molecule has 116 valence electrons. The van der Waals surface area contributed by atoms with Crippen molar-refractivity contribution in [2.24, 2.45) is 5.92 Å². The molecule has 0 radical (unpaired) electrons. The van der Waals surface area contributed by atoms with Gasteiger partial charge in [-0.25, -0.2) is 0 Å². The first-order valence-corrected chi connectivity index (χ1v) is 8.03. The Kier molecular flexibility index (Phi) is 11.6. The molecule has 19 heavy (non-hydrogen) atoms. The van der Waals surface area contributed by atoms with Gasteiger partial charge in [0.05, 0.1) is 6.61 Å². The lowest BCUT2D eigenvalue weighted by Crippen LogP contribution is -2.48. The van der Waals surface area contributed by atoms with E-state index in [9.17, 15) is 5.11 Å². The van der Waals surface area contributed by atoms with Gasteiger partial charge >= 0.3 is 0 Å². The average Bonchev–Trinajstić information content (AvgIpc) is 2.41. The molecule has 0 aromatic rings. The van der Waals surface area contributed by atoms with Crippen LogP contribution >= 0.6 is 0 Å². The van der Waals surface area contributed by atoms with E-state index in [1.807, 2.05) is 0 Å². The molecule has 3 nitrogen and oxygen atoms in total. The zero-order chi connectivity index (χ0) is 14.6. The lowest BCUT2D eigenvalue weighted by Gasteiger charge is -2.32. The van der Waals surface area contributed by atoms with Crippen molar-refractivity contribution in [2.45, 2.75) is 71.8 Å². The molecule has 0 spiro atoms. The van der Waals surface area contributed by atoms with Crippen molar-refractivity contribution in [3.63, 3.8) is 0 Å². The molecule has 0 fully saturated rings. The summed E-state index contributed by atoms with van der Waals surface area (Å²) >= 11 is 0. The third-order valence-corrected chi connectivity index (χ3v) is 3.74. The Hall–Kier alpha value is -0.120. The van der Waals surface area contributed by atoms with Crippen LogP contribution in [0.5, 0.6) is 0 Å². The van der Waals surface area contributed by atoms with Crippen molar-refractivity contribution in [2.75, 3.05) is 26.4 Å². The Balaban J connectivity index is 3.69. The molecule has 0 bridgehead atoms. The minimum Gasteiger partial charge on any atom is -0.394 e. The first kappa shape index (κ1) is 18.9. The summed E-state index contributed by atoms with van der Waals surface area (Å²) in [6, 6.07) is 0. The fourth-order valence-electron chi connectivity index (χ4n) is 2.24. The molecule has 2 N–H and O–H groups in total. The van der Waals surface area contributed by atoms with Crippen LogP contribution in [0.1, 0.15) is 66.2 Å². The van der Waals surface area contributed by atoms with E-state index in [1.165, 1.54) is 6.42 Å². The van der Waals surface area contributed by atoms with Crippen LogP contribution in [0.2, 0.25) is 0 Å². The van der Waals surface area contributed by atoms with Crippen LogP contribution in [-0.4, -0.2) is 37.0 Å². The van der Waals surface area contributed by atoms with Crippen LogP contribution in [0.25, 0.3) is 0 Å². The van der Waals surface area contributed by atoms with Crippen molar-refractivity contribution >= 4 is 0 Å². The third kappa shape index (κ3) is 9.42. The summed E-state index contributed by atoms with van der Waals surface area (Å²) in [5, 5.41) is 13.1. The van der Waals surface area contributed by atoms with Crippen molar-refractivity contribution in [3.8, 4) is 0 Å². The van der Waals surface area contributed by atoms with E-state index in [2.05, 4.69) is 33.0 Å². The topological polar surface area (TPSA) is 41.5 Å². The minimum absolute atomic E-state index is 0.0999. The monoisotopic (exact) mass is 273 g/mol. The maximum absolute atomic E-state index is 9.60. The lowest BCUT2D eigenvalue weighted by atomic mass is 9.91. The highest BCUT2D eigenvalue weighted by Gasteiger charge is 2.25. The number of aliphatic hydroxyl groups is 1. The molecule has 0 saturated carbocycles. The quantitative estimate of drug-likeness (QED) is 0.506. The molecule has 0 aliphatic heterocycles. The van der Waals surface area contributed by atoms with E-state index >= 15 is 0 Å². The number of nitrogens with one attached hydrogen (secondary N) is 1. The van der Waals surface area contributed by atoms with Gasteiger partial charge in [-0.05, 0) is 51.0 Å². The van der Waals surface area contributed by atoms with Gasteiger partial charge in [0.15, 0.2) is 0 Å². The van der Waals surface area contributed by atoms with Crippen molar-refractivity contribution in [1.29, 1.82) is 0 Å². The smallest absolute Gasteiger partial charge is 0.0613 e. The largest absolute Gasteiger partial charge is 0.394 e. The molecular weight excluding hydrogens is 238 g/mol. The molecule has 1 atom stereocenters. The average molecular weight is 273 g/mol. The highest BCUT2D eigenvalue weighted by molar-refractivity contribution is 4.85. The summed E-state index contributed by atoms with van der Waals surface area (Å²) in [6.07, 6.45) is 6.49. The van der Waals surface area contributed by atoms with E-state index in [4.69, 9.17) is 4.74 Å². The maximum atomic E-state index is 9.60. The highest BCUT2D eigenvalue weighted by Crippen LogP contribution is 2.17. The van der Waals surface area contributed by atoms with E-state index < -0.39 is 0 Å². The van der Waals surface area contributed by atoms with Gasteiger partial charge in [0.25, 0.3) is 0 Å². The van der Waals surface area contributed by atoms with Gasteiger partial charge in [0, 0.05) is 18.8 Å². The predicted molar refractivity (Wildman–Crippen MR) is 82.5 cm³/mol. The lowest BCUT2D eigenvalue weighted by molar-refractivity contribution is 0.0995. The number of hydrogen-bond acceptors (Lipinski definition) is 3. The Morgan fingerprint density at radius 3 is 2.37 bits per heavy atom. The molecule has 0 rings (SSSR count). The number of aliphatic hydroxyl groups excluding tert-OH is 1. The van der Waals surface area contributed by atoms with Crippen molar-refractivity contribution in [1.82, 2.24) is 5.32 Å². The van der Waals surface area contributed by atoms with E-state index in [0.717, 1.165) is 57.8 Å². The first-order valence-electron chi connectivity index (χ1n) is 8.03. The first-order chi connectivity index (χ1) is 9.10. The molecule has 0 aliphatic rings. The summed E-state index contributed by atoms with van der Waals surface area (Å²) in [5.74, 6) is 0.768. The zero-order valence-corrected chi connectivity index (χ0v) is 13.5. The van der Waals surface area contributed by atoms with E-state index in [0.29, 0.717) is 0 Å². The van der Waals surface area contributed by atoms with Gasteiger partial charge in [0.1, 0.15) is 0 Å². The normalized spacial score (nSPS) is 14.8. The molecule has 0 aliphatic carbocycles. The van der Waals surface area contributed by atoms with Gasteiger partial charge in [-0.3, -0.25) is 0 Å². The standard InChI is InChI=1S/C16H35NO2/c1-5-11-17-16(6-2,14-18)10-8-13-19-12-7-9-15(3)4/h15,17-18H,5-14H2,1-4H3. The van der Waals surface area contributed by atoms with Crippen molar-refractivity contribution in [3.05, 3.63) is 0 Å². The Morgan fingerprint density at radius 1 is 1.16 bits per heavy atom. The molecule has 0 aromatic heterocycles. The fraction of sp³-hybridized carbons (Fsp3) is 1.00. The fourth-order valence-corrected chi connectivity index (χ4v) is 2.24. The van der Waals surface area contributed by atoms with Gasteiger partial charge in [-0.1, -0.05) is 27.7 Å². The molecule has 0 amide bonds. The van der Waals surface area contributed by atoms with Crippen molar-refractivity contribution < 1.29 is 9.84 Å². The predicted octanol–water partition coefficient (Wildman–Crippen LogP) is 3.36. The second-order valence-electron chi connectivity index (χ2n) is 5.97. The Morgan fingerprint density at radius 2 is 1.84 bits per heavy atom. The summed E-state index contributed by atoms with van der Waals surface area (Å²) in [6.45, 7) is 11.7. The Bertz CT molecular complexity index is 191.